The molecule has 4 aromatic carbocycles. The molecule has 4 aromatic rings. The van der Waals surface area contributed by atoms with Gasteiger partial charge < -0.3 is 9.80 Å². The highest BCUT2D eigenvalue weighted by atomic mass is 35.5. The summed E-state index contributed by atoms with van der Waals surface area (Å²) in [6.45, 7) is 17.9. The predicted octanol–water partition coefficient (Wildman–Crippen LogP) is 12.7. The minimum Gasteiger partial charge on any atom is -0.344 e. The Kier molecular flexibility index (Phi) is 9.41. The number of benzene rings is 4. The number of hydrogen-bond donors (Lipinski definition) is 0. The lowest BCUT2D eigenvalue weighted by Gasteiger charge is -2.29. The molecule has 1 aliphatic carbocycles. The second-order valence-corrected chi connectivity index (χ2v) is 15.8. The molecule has 3 nitrogen and oxygen atoms in total. The van der Waals surface area contributed by atoms with Crippen LogP contribution >= 0.6 is 23.2 Å². The maximum Gasteiger partial charge on any atom is 0.209 e. The van der Waals surface area contributed by atoms with Gasteiger partial charge in [0.2, 0.25) is 5.69 Å². The molecule has 51 heavy (non-hydrogen) atoms. The van der Waals surface area contributed by atoms with Crippen molar-refractivity contribution >= 4 is 51.7 Å². The fraction of sp³-hybridized carbons (Fsp3) is 0.283. The van der Waals surface area contributed by atoms with Gasteiger partial charge in [-0.2, -0.15) is 4.58 Å². The van der Waals surface area contributed by atoms with E-state index in [0.29, 0.717) is 5.92 Å². The molecule has 0 N–H and O–H groups in total. The fourth-order valence-corrected chi connectivity index (χ4v) is 8.85. The maximum atomic E-state index is 6.54. The number of hydrogen-bond acceptors (Lipinski definition) is 2. The van der Waals surface area contributed by atoms with E-state index in [2.05, 4.69) is 172 Å². The Balaban J connectivity index is 1.42. The predicted molar refractivity (Wildman–Crippen MR) is 219 cm³/mol. The monoisotopic (exact) mass is 712 g/mol. The van der Waals surface area contributed by atoms with Gasteiger partial charge in [-0.05, 0) is 117 Å². The number of anilines is 3. The summed E-state index contributed by atoms with van der Waals surface area (Å²) in [4.78, 5) is 4.90. The van der Waals surface area contributed by atoms with Crippen LogP contribution in [-0.4, -0.2) is 23.4 Å². The van der Waals surface area contributed by atoms with E-state index in [1.54, 1.807) is 0 Å². The molecule has 0 spiro atoms. The van der Waals surface area contributed by atoms with Gasteiger partial charge in [-0.25, -0.2) is 0 Å². The third-order valence-electron chi connectivity index (χ3n) is 11.1. The summed E-state index contributed by atoms with van der Waals surface area (Å²) in [6.07, 6.45) is 10.5. The minimum absolute atomic E-state index is 0.186. The number of halogens is 2. The van der Waals surface area contributed by atoms with E-state index in [-0.39, 0.29) is 10.8 Å². The summed E-state index contributed by atoms with van der Waals surface area (Å²) in [5.74, 6) is 0.308. The SMILES string of the molecule is CCN1/C(=C/C=C2C(N(c3ccccc3)c3ccccc3)=C(/C=C/C3=[N+](CC)c4ccc(Cl)cc4C3(C)C)CC/2C)C(C)(C)c2cc(Cl)ccc21. The lowest BCUT2D eigenvalue weighted by Crippen LogP contribution is -2.27. The van der Waals surface area contributed by atoms with Crippen LogP contribution in [0.1, 0.15) is 66.0 Å². The second kappa shape index (κ2) is 13.7. The lowest BCUT2D eigenvalue weighted by atomic mass is 9.81. The van der Waals surface area contributed by atoms with Gasteiger partial charge in [0.05, 0.1) is 11.1 Å². The average molecular weight is 714 g/mol. The molecule has 1 unspecified atom stereocenters. The van der Waals surface area contributed by atoms with Crippen LogP contribution in [0.2, 0.25) is 10.0 Å². The van der Waals surface area contributed by atoms with Crippen molar-refractivity contribution in [1.82, 2.24) is 0 Å². The first-order valence-electron chi connectivity index (χ1n) is 18.2. The molecule has 3 aliphatic rings. The number of likely N-dealkylation sites (N-methyl/N-ethyl adjacent to an activating group) is 1. The number of nitrogens with zero attached hydrogens (tertiary/aromatic N) is 3. The molecule has 0 amide bonds. The molecule has 7 rings (SSSR count). The molecule has 0 fully saturated rings. The Morgan fingerprint density at radius 2 is 1.37 bits per heavy atom. The van der Waals surface area contributed by atoms with Crippen LogP contribution in [0.4, 0.5) is 22.7 Å². The Bertz CT molecular complexity index is 2090. The molecule has 260 valence electrons. The van der Waals surface area contributed by atoms with E-state index in [4.69, 9.17) is 23.2 Å². The van der Waals surface area contributed by atoms with E-state index < -0.39 is 0 Å². The zero-order valence-corrected chi connectivity index (χ0v) is 32.4. The van der Waals surface area contributed by atoms with Crippen LogP contribution in [0, 0.1) is 5.92 Å². The Morgan fingerprint density at radius 3 is 1.98 bits per heavy atom. The van der Waals surface area contributed by atoms with Crippen LogP contribution in [0.3, 0.4) is 0 Å². The van der Waals surface area contributed by atoms with Gasteiger partial charge >= 0.3 is 0 Å². The van der Waals surface area contributed by atoms with Gasteiger partial charge in [0.15, 0.2) is 5.71 Å². The van der Waals surface area contributed by atoms with Crippen molar-refractivity contribution < 1.29 is 4.58 Å². The highest BCUT2D eigenvalue weighted by Crippen LogP contribution is 2.50. The van der Waals surface area contributed by atoms with Crippen molar-refractivity contribution in [1.29, 1.82) is 0 Å². The van der Waals surface area contributed by atoms with Crippen molar-refractivity contribution in [3.63, 3.8) is 0 Å². The van der Waals surface area contributed by atoms with Gasteiger partial charge in [-0.1, -0.05) is 92.5 Å². The molecule has 2 aliphatic heterocycles. The summed E-state index contributed by atoms with van der Waals surface area (Å²) in [7, 11) is 0. The van der Waals surface area contributed by atoms with E-state index in [9.17, 15) is 0 Å². The Labute approximate surface area is 314 Å². The molecule has 0 saturated heterocycles. The third kappa shape index (κ3) is 6.09. The van der Waals surface area contributed by atoms with Crippen molar-refractivity contribution in [3.05, 3.63) is 165 Å². The minimum atomic E-state index is -0.188. The van der Waals surface area contributed by atoms with Crippen LogP contribution < -0.4 is 9.80 Å². The number of fused-ring (bicyclic) bond motifs is 2. The Morgan fingerprint density at radius 1 is 0.765 bits per heavy atom. The summed E-state index contributed by atoms with van der Waals surface area (Å²) in [6, 6.07) is 34.2. The average Bonchev–Trinajstić information content (AvgIpc) is 3.63. The molecule has 2 heterocycles. The van der Waals surface area contributed by atoms with Gasteiger partial charge in [-0.3, -0.25) is 0 Å². The highest BCUT2D eigenvalue weighted by Gasteiger charge is 2.44. The quantitative estimate of drug-likeness (QED) is 0.168. The fourth-order valence-electron chi connectivity index (χ4n) is 8.50. The van der Waals surface area contributed by atoms with Crippen LogP contribution in [0.15, 0.2) is 144 Å². The molecule has 0 radical (unpaired) electrons. The van der Waals surface area contributed by atoms with Gasteiger partial charge in [0.25, 0.3) is 0 Å². The normalized spacial score (nSPS) is 20.6. The first-order chi connectivity index (χ1) is 24.5. The summed E-state index contributed by atoms with van der Waals surface area (Å²) >= 11 is 13.1. The summed E-state index contributed by atoms with van der Waals surface area (Å²) in [5.41, 5.74) is 13.4. The molecular formula is C46H48Cl2N3+. The number of rotatable bonds is 8. The first-order valence-corrected chi connectivity index (χ1v) is 19.0. The zero-order valence-electron chi connectivity index (χ0n) is 30.8. The van der Waals surface area contributed by atoms with E-state index >= 15 is 0 Å². The van der Waals surface area contributed by atoms with Gasteiger partial charge in [0.1, 0.15) is 6.54 Å². The topological polar surface area (TPSA) is 9.49 Å². The maximum absolute atomic E-state index is 6.54. The van der Waals surface area contributed by atoms with Gasteiger partial charge in [-0.15, -0.1) is 0 Å². The van der Waals surface area contributed by atoms with Crippen LogP contribution in [-0.2, 0) is 10.8 Å². The summed E-state index contributed by atoms with van der Waals surface area (Å²) < 4.78 is 2.44. The second-order valence-electron chi connectivity index (χ2n) is 14.9. The molecule has 1 atom stereocenters. The number of allylic oxidation sites excluding steroid dienone is 7. The lowest BCUT2D eigenvalue weighted by molar-refractivity contribution is -0.433. The van der Waals surface area contributed by atoms with Gasteiger partial charge in [0, 0.05) is 62.5 Å². The van der Waals surface area contributed by atoms with E-state index in [1.165, 1.54) is 50.8 Å². The molecule has 5 heteroatoms. The molecule has 0 saturated carbocycles. The van der Waals surface area contributed by atoms with Crippen molar-refractivity contribution in [2.24, 2.45) is 5.92 Å². The standard InChI is InChI=1S/C46H48Cl2N3/c1-8-49-40-24-21-33(47)29-38(40)45(4,5)42(49)26-20-32-28-31(3)37(44(32)51(35-16-12-10-13-17-35)36-18-14-11-15-19-36)23-27-43-46(6,7)39-30-34(48)22-25-41(39)50(43)9-2/h10-27,29-31H,8-9,28H2,1-7H3/q+1. The smallest absolute Gasteiger partial charge is 0.209 e. The zero-order chi connectivity index (χ0) is 36.1. The van der Waals surface area contributed by atoms with Crippen molar-refractivity contribution in [2.45, 2.75) is 65.7 Å². The molecular weight excluding hydrogens is 665 g/mol. The molecule has 0 bridgehead atoms. The number of para-hydroxylation sites is 2. The first kappa shape index (κ1) is 35.1. The van der Waals surface area contributed by atoms with Crippen LogP contribution in [0.25, 0.3) is 0 Å². The van der Waals surface area contributed by atoms with E-state index in [0.717, 1.165) is 40.9 Å². The summed E-state index contributed by atoms with van der Waals surface area (Å²) in [5, 5.41) is 1.56. The highest BCUT2D eigenvalue weighted by molar-refractivity contribution is 6.31. The largest absolute Gasteiger partial charge is 0.344 e. The Hall–Kier alpha value is -4.31. The van der Waals surface area contributed by atoms with Crippen molar-refractivity contribution in [2.75, 3.05) is 22.9 Å². The van der Waals surface area contributed by atoms with E-state index in [1.807, 2.05) is 12.1 Å². The third-order valence-corrected chi connectivity index (χ3v) is 11.6. The molecule has 0 aromatic heterocycles. The van der Waals surface area contributed by atoms with Crippen LogP contribution in [0.5, 0.6) is 0 Å². The van der Waals surface area contributed by atoms with Crippen molar-refractivity contribution in [3.8, 4) is 0 Å².